The molecule has 5 heterocycles. The molecule has 6 rings (SSSR count). The average Bonchev–Trinajstić information content (AvgIpc) is 3.29. The third-order valence-corrected chi connectivity index (χ3v) is 6.95. The van der Waals surface area contributed by atoms with Crippen LogP contribution in [-0.4, -0.2) is 51.0 Å². The van der Waals surface area contributed by atoms with Crippen molar-refractivity contribution in [2.75, 3.05) is 30.4 Å². The zero-order chi connectivity index (χ0) is 24.0. The Morgan fingerprint density at radius 3 is 2.80 bits per heavy atom. The molecule has 0 atom stereocenters. The first-order valence-electron chi connectivity index (χ1n) is 11.6. The number of rotatable bonds is 4. The number of fused-ring (bicyclic) bond motifs is 3. The molecule has 1 amide bonds. The van der Waals surface area contributed by atoms with Crippen LogP contribution in [0.3, 0.4) is 0 Å². The first-order valence-corrected chi connectivity index (χ1v) is 11.6. The third-order valence-electron chi connectivity index (χ3n) is 6.95. The summed E-state index contributed by atoms with van der Waals surface area (Å²) in [5.74, 6) is 2.65. The Kier molecular flexibility index (Phi) is 5.01. The fourth-order valence-electron chi connectivity index (χ4n) is 5.19. The quantitative estimate of drug-likeness (QED) is 0.462. The molecule has 0 unspecified atom stereocenters. The molecule has 0 saturated carbocycles. The number of aromatic amines is 1. The van der Waals surface area contributed by atoms with Gasteiger partial charge in [-0.2, -0.15) is 4.98 Å². The molecule has 2 N–H and O–H groups in total. The number of aryl methyl sites for hydroxylation is 1. The number of hydrogen-bond donors (Lipinski definition) is 2. The van der Waals surface area contributed by atoms with Crippen molar-refractivity contribution >= 4 is 28.6 Å². The summed E-state index contributed by atoms with van der Waals surface area (Å²) in [5.41, 5.74) is 3.59. The normalized spacial score (nSPS) is 16.7. The summed E-state index contributed by atoms with van der Waals surface area (Å²) in [5, 5.41) is 2.91. The summed E-state index contributed by atoms with van der Waals surface area (Å²) in [7, 11) is 1.58. The molecule has 0 bridgehead atoms. The highest BCUT2D eigenvalue weighted by Crippen LogP contribution is 2.44. The van der Waals surface area contributed by atoms with Gasteiger partial charge in [0.05, 0.1) is 18.1 Å². The topological polar surface area (TPSA) is 118 Å². The maximum absolute atomic E-state index is 12.4. The van der Waals surface area contributed by atoms with E-state index in [1.165, 1.54) is 6.33 Å². The molecule has 1 fully saturated rings. The predicted molar refractivity (Wildman–Crippen MR) is 130 cm³/mol. The van der Waals surface area contributed by atoms with Gasteiger partial charge in [-0.05, 0) is 37.5 Å². The number of H-pyrrole nitrogens is 1. The van der Waals surface area contributed by atoms with Crippen molar-refractivity contribution in [3.05, 3.63) is 54.0 Å². The van der Waals surface area contributed by atoms with Gasteiger partial charge in [-0.3, -0.25) is 4.79 Å². The Labute approximate surface area is 201 Å². The van der Waals surface area contributed by atoms with Crippen molar-refractivity contribution in [1.82, 2.24) is 24.9 Å². The number of aromatic nitrogens is 5. The summed E-state index contributed by atoms with van der Waals surface area (Å²) in [6.07, 6.45) is 5.41. The van der Waals surface area contributed by atoms with Crippen LogP contribution in [0.1, 0.15) is 30.4 Å². The molecule has 1 saturated heterocycles. The molecule has 1 aromatic carbocycles. The molecular weight excluding hydrogens is 446 g/mol. The fraction of sp³-hybridized carbons (Fsp3) is 0.320. The zero-order valence-corrected chi connectivity index (χ0v) is 19.5. The van der Waals surface area contributed by atoms with Crippen LogP contribution >= 0.6 is 0 Å². The van der Waals surface area contributed by atoms with E-state index in [9.17, 15) is 4.79 Å². The lowest BCUT2D eigenvalue weighted by molar-refractivity contribution is -0.118. The molecule has 178 valence electrons. The molecule has 0 aliphatic carbocycles. The molecule has 0 radical (unpaired) electrons. The number of ether oxygens (including phenoxy) is 2. The summed E-state index contributed by atoms with van der Waals surface area (Å²) in [6, 6.07) is 10.1. The van der Waals surface area contributed by atoms with Crippen molar-refractivity contribution in [3.63, 3.8) is 0 Å². The largest absolute Gasteiger partial charge is 0.468 e. The minimum atomic E-state index is -0.188. The standard InChI is InChI=1S/C25H25N7O3/c1-15-10-16(11-18-22(15)31-24(29-18)34-2)35-21-12-19(27-14-28-21)32-8-5-25(6-9-32)13-20(33)30-23-17(25)4-3-7-26-23/h3-4,7,10-12,14H,5-6,8-9,13H2,1-2H3,(H,29,31)(H,26,30,33). The number of nitrogens with one attached hydrogen (secondary N) is 2. The van der Waals surface area contributed by atoms with E-state index >= 15 is 0 Å². The highest BCUT2D eigenvalue weighted by Gasteiger charge is 2.43. The number of piperidine rings is 1. The van der Waals surface area contributed by atoms with Gasteiger partial charge in [0.15, 0.2) is 0 Å². The van der Waals surface area contributed by atoms with Crippen LogP contribution in [0.25, 0.3) is 11.0 Å². The number of hydrogen-bond acceptors (Lipinski definition) is 8. The van der Waals surface area contributed by atoms with Crippen LogP contribution in [0.15, 0.2) is 42.9 Å². The second kappa shape index (κ2) is 8.23. The molecule has 3 aromatic heterocycles. The van der Waals surface area contributed by atoms with Crippen molar-refractivity contribution in [2.45, 2.75) is 31.6 Å². The van der Waals surface area contributed by atoms with Gasteiger partial charge in [0.25, 0.3) is 6.01 Å². The number of carbonyl (C=O) groups is 1. The second-order valence-corrected chi connectivity index (χ2v) is 9.09. The highest BCUT2D eigenvalue weighted by atomic mass is 16.5. The monoisotopic (exact) mass is 471 g/mol. The highest BCUT2D eigenvalue weighted by molar-refractivity contribution is 5.94. The number of nitrogens with zero attached hydrogens (tertiary/aromatic N) is 5. The minimum Gasteiger partial charge on any atom is -0.468 e. The van der Waals surface area contributed by atoms with Crippen LogP contribution in [-0.2, 0) is 10.2 Å². The van der Waals surface area contributed by atoms with Gasteiger partial charge in [0, 0.05) is 48.8 Å². The number of anilines is 2. The maximum Gasteiger partial charge on any atom is 0.294 e. The van der Waals surface area contributed by atoms with E-state index in [1.807, 2.05) is 31.2 Å². The first kappa shape index (κ1) is 21.3. The number of methoxy groups -OCH3 is 1. The second-order valence-electron chi connectivity index (χ2n) is 9.09. The van der Waals surface area contributed by atoms with E-state index in [0.29, 0.717) is 29.9 Å². The van der Waals surface area contributed by atoms with Gasteiger partial charge in [0.2, 0.25) is 11.8 Å². The van der Waals surface area contributed by atoms with E-state index in [4.69, 9.17) is 9.47 Å². The minimum absolute atomic E-state index is 0.0320. The van der Waals surface area contributed by atoms with Crippen LogP contribution < -0.4 is 19.7 Å². The molecular formula is C25H25N7O3. The van der Waals surface area contributed by atoms with Crippen LogP contribution in [0.4, 0.5) is 11.6 Å². The van der Waals surface area contributed by atoms with Gasteiger partial charge in [-0.25, -0.2) is 15.0 Å². The lowest BCUT2D eigenvalue weighted by Gasteiger charge is -2.44. The molecule has 2 aliphatic heterocycles. The van der Waals surface area contributed by atoms with Crippen molar-refractivity contribution in [2.24, 2.45) is 0 Å². The maximum atomic E-state index is 12.4. The van der Waals surface area contributed by atoms with E-state index in [2.05, 4.69) is 41.2 Å². The first-order chi connectivity index (χ1) is 17.0. The lowest BCUT2D eigenvalue weighted by atomic mass is 9.69. The molecule has 4 aromatic rings. The number of amides is 1. The van der Waals surface area contributed by atoms with E-state index in [1.54, 1.807) is 13.3 Å². The van der Waals surface area contributed by atoms with Crippen LogP contribution in [0.2, 0.25) is 0 Å². The Hall–Kier alpha value is -4.21. The fourth-order valence-corrected chi connectivity index (χ4v) is 5.19. The van der Waals surface area contributed by atoms with E-state index in [0.717, 1.165) is 53.9 Å². The van der Waals surface area contributed by atoms with Crippen LogP contribution in [0, 0.1) is 6.92 Å². The van der Waals surface area contributed by atoms with Crippen molar-refractivity contribution in [3.8, 4) is 17.6 Å². The van der Waals surface area contributed by atoms with Gasteiger partial charge in [0.1, 0.15) is 23.7 Å². The summed E-state index contributed by atoms with van der Waals surface area (Å²) >= 11 is 0. The predicted octanol–water partition coefficient (Wildman–Crippen LogP) is 3.74. The van der Waals surface area contributed by atoms with Gasteiger partial charge in [-0.1, -0.05) is 6.07 Å². The number of carbonyl (C=O) groups excluding carboxylic acids is 1. The Morgan fingerprint density at radius 2 is 1.97 bits per heavy atom. The van der Waals surface area contributed by atoms with Crippen molar-refractivity contribution in [1.29, 1.82) is 0 Å². The number of imidazole rings is 1. The number of pyridine rings is 1. The Balaban J connectivity index is 1.21. The average molecular weight is 472 g/mol. The van der Waals surface area contributed by atoms with E-state index in [-0.39, 0.29) is 11.3 Å². The Morgan fingerprint density at radius 1 is 1.11 bits per heavy atom. The summed E-state index contributed by atoms with van der Waals surface area (Å²) in [4.78, 5) is 35.3. The summed E-state index contributed by atoms with van der Waals surface area (Å²) in [6.45, 7) is 3.53. The van der Waals surface area contributed by atoms with Crippen molar-refractivity contribution < 1.29 is 14.3 Å². The van der Waals surface area contributed by atoms with E-state index < -0.39 is 0 Å². The molecule has 10 heteroatoms. The molecule has 2 aliphatic rings. The summed E-state index contributed by atoms with van der Waals surface area (Å²) < 4.78 is 11.3. The smallest absolute Gasteiger partial charge is 0.294 e. The molecule has 1 spiro atoms. The lowest BCUT2D eigenvalue weighted by Crippen LogP contribution is -2.47. The SMILES string of the molecule is COc1nc2c(C)cc(Oc3cc(N4CCC5(CC4)CC(=O)Nc4ncccc45)ncn3)cc2[nH]1. The Bertz CT molecular complexity index is 1430. The van der Waals surface area contributed by atoms with Gasteiger partial charge in [-0.15, -0.1) is 0 Å². The number of benzene rings is 1. The molecule has 35 heavy (non-hydrogen) atoms. The zero-order valence-electron chi connectivity index (χ0n) is 19.5. The van der Waals surface area contributed by atoms with Gasteiger partial charge >= 0.3 is 0 Å². The molecule has 10 nitrogen and oxygen atoms in total. The van der Waals surface area contributed by atoms with Gasteiger partial charge < -0.3 is 24.7 Å². The third kappa shape index (κ3) is 3.80. The van der Waals surface area contributed by atoms with Crippen LogP contribution in [0.5, 0.6) is 17.6 Å².